The van der Waals surface area contributed by atoms with E-state index in [9.17, 15) is 9.59 Å². The number of hydrogen-bond donors (Lipinski definition) is 3. The van der Waals surface area contributed by atoms with Crippen molar-refractivity contribution in [2.24, 2.45) is 0 Å². The molecule has 0 bridgehead atoms. The lowest BCUT2D eigenvalue weighted by Crippen LogP contribution is -2.29. The number of urea groups is 1. The van der Waals surface area contributed by atoms with Gasteiger partial charge in [0.1, 0.15) is 5.75 Å². The van der Waals surface area contributed by atoms with E-state index in [1.807, 2.05) is 7.05 Å². The van der Waals surface area contributed by atoms with Crippen LogP contribution in [-0.4, -0.2) is 52.3 Å². The Morgan fingerprint density at radius 2 is 2.17 bits per heavy atom. The van der Waals surface area contributed by atoms with E-state index in [-0.39, 0.29) is 24.3 Å². The Balaban J connectivity index is 0.00000264. The van der Waals surface area contributed by atoms with Crippen molar-refractivity contribution in [3.63, 3.8) is 0 Å². The molecule has 0 aliphatic carbocycles. The summed E-state index contributed by atoms with van der Waals surface area (Å²) in [5, 5.41) is 8.63. The lowest BCUT2D eigenvalue weighted by atomic mass is 10.1. The number of methoxy groups -OCH3 is 1. The van der Waals surface area contributed by atoms with Crippen molar-refractivity contribution in [3.05, 3.63) is 23.8 Å². The normalized spacial score (nSPS) is 13.3. The molecular formula is C15H23ClN4O3. The Bertz CT molecular complexity index is 554. The lowest BCUT2D eigenvalue weighted by molar-refractivity contribution is 0.0953. The van der Waals surface area contributed by atoms with Gasteiger partial charge in [0, 0.05) is 25.2 Å². The van der Waals surface area contributed by atoms with Crippen LogP contribution in [0.25, 0.3) is 0 Å². The number of rotatable bonds is 7. The number of halogens is 1. The van der Waals surface area contributed by atoms with Crippen LogP contribution in [0.5, 0.6) is 5.75 Å². The second-order valence-electron chi connectivity index (χ2n) is 4.98. The summed E-state index contributed by atoms with van der Waals surface area (Å²) in [6.45, 7) is 2.60. The molecule has 2 rings (SSSR count). The van der Waals surface area contributed by atoms with Crippen molar-refractivity contribution in [1.29, 1.82) is 0 Å². The van der Waals surface area contributed by atoms with Crippen LogP contribution in [-0.2, 0) is 0 Å². The molecule has 1 saturated heterocycles. The number of hydrogen-bond acceptors (Lipinski definition) is 4. The van der Waals surface area contributed by atoms with E-state index >= 15 is 0 Å². The second-order valence-corrected chi connectivity index (χ2v) is 4.98. The Kier molecular flexibility index (Phi) is 7.64. The van der Waals surface area contributed by atoms with Gasteiger partial charge in [-0.3, -0.25) is 9.69 Å². The monoisotopic (exact) mass is 342 g/mol. The number of carbonyl (C=O) groups is 2. The Labute approximate surface area is 142 Å². The quantitative estimate of drug-likeness (QED) is 0.645. The molecule has 3 N–H and O–H groups in total. The van der Waals surface area contributed by atoms with E-state index < -0.39 is 0 Å². The molecule has 7 nitrogen and oxygen atoms in total. The molecule has 0 radical (unpaired) electrons. The molecular weight excluding hydrogens is 320 g/mol. The summed E-state index contributed by atoms with van der Waals surface area (Å²) >= 11 is 0. The maximum Gasteiger partial charge on any atom is 0.322 e. The highest BCUT2D eigenvalue weighted by atomic mass is 35.5. The van der Waals surface area contributed by atoms with Gasteiger partial charge in [-0.05, 0) is 38.2 Å². The van der Waals surface area contributed by atoms with E-state index in [2.05, 4.69) is 16.0 Å². The molecule has 1 fully saturated rings. The van der Waals surface area contributed by atoms with Gasteiger partial charge >= 0.3 is 6.03 Å². The molecule has 0 unspecified atom stereocenters. The molecule has 23 heavy (non-hydrogen) atoms. The molecule has 1 aliphatic rings. The van der Waals surface area contributed by atoms with E-state index in [1.54, 1.807) is 30.2 Å². The predicted molar refractivity (Wildman–Crippen MR) is 91.9 cm³/mol. The molecule has 0 atom stereocenters. The third-order valence-electron chi connectivity index (χ3n) is 3.48. The number of ether oxygens (including phenoxy) is 1. The van der Waals surface area contributed by atoms with Crippen LogP contribution in [0.2, 0.25) is 0 Å². The summed E-state index contributed by atoms with van der Waals surface area (Å²) in [5.74, 6) is 0.420. The topological polar surface area (TPSA) is 82.7 Å². The molecule has 1 heterocycles. The largest absolute Gasteiger partial charge is 0.495 e. The summed E-state index contributed by atoms with van der Waals surface area (Å²) in [6, 6.07) is 4.93. The van der Waals surface area contributed by atoms with Gasteiger partial charge in [0.15, 0.2) is 0 Å². The van der Waals surface area contributed by atoms with E-state index in [0.29, 0.717) is 36.6 Å². The minimum atomic E-state index is -0.176. The summed E-state index contributed by atoms with van der Waals surface area (Å²) in [6.07, 6.45) is 0.861. The molecule has 1 aromatic carbocycles. The number of nitrogens with one attached hydrogen (secondary N) is 3. The summed E-state index contributed by atoms with van der Waals surface area (Å²) in [4.78, 5) is 25.6. The van der Waals surface area contributed by atoms with Gasteiger partial charge in [-0.25, -0.2) is 4.79 Å². The van der Waals surface area contributed by atoms with Crippen LogP contribution < -0.4 is 25.6 Å². The molecule has 1 aromatic rings. The zero-order valence-corrected chi connectivity index (χ0v) is 14.2. The third-order valence-corrected chi connectivity index (χ3v) is 3.48. The molecule has 0 aromatic heterocycles. The van der Waals surface area contributed by atoms with Gasteiger partial charge in [-0.2, -0.15) is 0 Å². The highest BCUT2D eigenvalue weighted by Gasteiger charge is 2.25. The molecule has 8 heteroatoms. The fourth-order valence-corrected chi connectivity index (χ4v) is 2.31. The lowest BCUT2D eigenvalue weighted by Gasteiger charge is -2.18. The van der Waals surface area contributed by atoms with Crippen molar-refractivity contribution in [2.75, 3.05) is 45.2 Å². The van der Waals surface area contributed by atoms with Crippen molar-refractivity contribution in [1.82, 2.24) is 16.0 Å². The van der Waals surface area contributed by atoms with Crippen LogP contribution in [0, 0.1) is 0 Å². The molecule has 0 spiro atoms. The van der Waals surface area contributed by atoms with Crippen molar-refractivity contribution in [3.8, 4) is 5.75 Å². The van der Waals surface area contributed by atoms with Crippen LogP contribution >= 0.6 is 12.4 Å². The van der Waals surface area contributed by atoms with Crippen LogP contribution in [0.4, 0.5) is 10.5 Å². The second kappa shape index (κ2) is 9.22. The molecule has 1 aliphatic heterocycles. The summed E-state index contributed by atoms with van der Waals surface area (Å²) in [5.41, 5.74) is 1.13. The number of amides is 3. The van der Waals surface area contributed by atoms with Gasteiger partial charge < -0.3 is 20.7 Å². The predicted octanol–water partition coefficient (Wildman–Crippen LogP) is 0.986. The van der Waals surface area contributed by atoms with Crippen molar-refractivity contribution < 1.29 is 14.3 Å². The fraction of sp³-hybridized carbons (Fsp3) is 0.467. The first-order chi connectivity index (χ1) is 10.7. The zero-order valence-electron chi connectivity index (χ0n) is 13.3. The Hall–Kier alpha value is -1.99. The average Bonchev–Trinajstić information content (AvgIpc) is 2.96. The maximum absolute atomic E-state index is 12.2. The first kappa shape index (κ1) is 19.1. The first-order valence-electron chi connectivity index (χ1n) is 7.33. The smallest absolute Gasteiger partial charge is 0.322 e. The number of benzene rings is 1. The SMILES string of the molecule is CNCCCNC(=O)c1ccc(OC)c(N2CCNC2=O)c1.Cl. The van der Waals surface area contributed by atoms with E-state index in [4.69, 9.17) is 4.74 Å². The van der Waals surface area contributed by atoms with Crippen LogP contribution in [0.15, 0.2) is 18.2 Å². The Morgan fingerprint density at radius 1 is 1.39 bits per heavy atom. The van der Waals surface area contributed by atoms with Gasteiger partial charge in [0.25, 0.3) is 5.91 Å². The van der Waals surface area contributed by atoms with E-state index in [1.165, 1.54) is 0 Å². The van der Waals surface area contributed by atoms with Crippen molar-refractivity contribution in [2.45, 2.75) is 6.42 Å². The minimum absolute atomic E-state index is 0. The van der Waals surface area contributed by atoms with E-state index in [0.717, 1.165) is 13.0 Å². The Morgan fingerprint density at radius 3 is 2.78 bits per heavy atom. The van der Waals surface area contributed by atoms with Gasteiger partial charge in [0.05, 0.1) is 12.8 Å². The number of carbonyl (C=O) groups excluding carboxylic acids is 2. The average molecular weight is 343 g/mol. The third kappa shape index (κ3) is 4.74. The number of anilines is 1. The van der Waals surface area contributed by atoms with Gasteiger partial charge in [-0.15, -0.1) is 12.4 Å². The standard InChI is InChI=1S/C15H22N4O3.ClH/c1-16-6-3-7-17-14(20)11-4-5-13(22-2)12(10-11)19-9-8-18-15(19)21;/h4-5,10,16H,3,6-9H2,1-2H3,(H,17,20)(H,18,21);1H. The van der Waals surface area contributed by atoms with Crippen LogP contribution in [0.1, 0.15) is 16.8 Å². The number of nitrogens with zero attached hydrogens (tertiary/aromatic N) is 1. The molecule has 3 amide bonds. The highest BCUT2D eigenvalue weighted by Crippen LogP contribution is 2.30. The fourth-order valence-electron chi connectivity index (χ4n) is 2.31. The maximum atomic E-state index is 12.2. The zero-order chi connectivity index (χ0) is 15.9. The minimum Gasteiger partial charge on any atom is -0.495 e. The first-order valence-corrected chi connectivity index (χ1v) is 7.33. The van der Waals surface area contributed by atoms with Gasteiger partial charge in [0.2, 0.25) is 0 Å². The summed E-state index contributed by atoms with van der Waals surface area (Å²) in [7, 11) is 3.42. The molecule has 128 valence electrons. The summed E-state index contributed by atoms with van der Waals surface area (Å²) < 4.78 is 5.29. The van der Waals surface area contributed by atoms with Gasteiger partial charge in [-0.1, -0.05) is 0 Å². The highest BCUT2D eigenvalue weighted by molar-refractivity contribution is 5.99. The molecule has 0 saturated carbocycles. The van der Waals surface area contributed by atoms with Crippen LogP contribution in [0.3, 0.4) is 0 Å². The van der Waals surface area contributed by atoms with Crippen molar-refractivity contribution >= 4 is 30.0 Å².